The van der Waals surface area contributed by atoms with E-state index in [1.165, 1.54) is 0 Å². The Balaban J connectivity index is 0.000000490. The van der Waals surface area contributed by atoms with E-state index < -0.39 is 0 Å². The fraction of sp³-hybridized carbons (Fsp3) is 0. The summed E-state index contributed by atoms with van der Waals surface area (Å²) in [5.41, 5.74) is 0. The normalized spacial score (nSPS) is 7.62. The number of rotatable bonds is 0. The minimum atomic E-state index is 0. The van der Waals surface area contributed by atoms with Gasteiger partial charge in [-0.15, -0.1) is 0 Å². The molecular weight excluding hydrogens is 136 g/mol. The molecule has 1 rings (SSSR count). The fourth-order valence-electron chi connectivity index (χ4n) is 0.415. The van der Waals surface area contributed by atoms with E-state index >= 15 is 0 Å². The van der Waals surface area contributed by atoms with E-state index in [0.29, 0.717) is 0 Å². The maximum absolute atomic E-state index is 5.54. The summed E-state index contributed by atoms with van der Waals surface area (Å²) in [4.78, 5) is 0. The first kappa shape index (κ1) is 7.73. The molecule has 1 aromatic rings. The minimum Gasteiger partial charge on any atom is -0.0843 e. The van der Waals surface area contributed by atoms with Gasteiger partial charge in [0.25, 0.3) is 0 Å². The smallest absolute Gasteiger partial charge is 0.0405 e. The first-order valence-electron chi connectivity index (χ1n) is 2.10. The molecule has 0 saturated carbocycles. The lowest BCUT2D eigenvalue weighted by Gasteiger charge is -1.80. The first-order valence-corrected chi connectivity index (χ1v) is 2.48. The van der Waals surface area contributed by atoms with Crippen LogP contribution in [0.15, 0.2) is 30.3 Å². The van der Waals surface area contributed by atoms with Gasteiger partial charge in [-0.25, -0.2) is 0 Å². The van der Waals surface area contributed by atoms with Gasteiger partial charge in [0.2, 0.25) is 0 Å². The molecule has 0 nitrogen and oxygen atoms in total. The second-order valence-corrected chi connectivity index (χ2v) is 1.73. The maximum Gasteiger partial charge on any atom is 0.0405 e. The van der Waals surface area contributed by atoms with Crippen LogP contribution < -0.4 is 0 Å². The lowest BCUT2D eigenvalue weighted by atomic mass is 10.4. The molecule has 40 valence electrons. The molecule has 0 aliphatic rings. The van der Waals surface area contributed by atoms with Crippen LogP contribution in [0, 0.1) is 0 Å². The van der Waals surface area contributed by atoms with Crippen LogP contribution in [0.4, 0.5) is 0 Å². The SMILES string of the molecule is Clc1ccccc1.[Si]. The molecule has 2 heteroatoms. The van der Waals surface area contributed by atoms with Gasteiger partial charge in [0.05, 0.1) is 0 Å². The summed E-state index contributed by atoms with van der Waals surface area (Å²) in [7, 11) is 0. The molecule has 4 radical (unpaired) electrons. The van der Waals surface area contributed by atoms with Gasteiger partial charge in [0, 0.05) is 16.0 Å². The van der Waals surface area contributed by atoms with Crippen molar-refractivity contribution in [3.05, 3.63) is 35.4 Å². The highest BCUT2D eigenvalue weighted by Gasteiger charge is 1.74. The third-order valence-corrected chi connectivity index (χ3v) is 0.985. The highest BCUT2D eigenvalue weighted by molar-refractivity contribution is 6.30. The predicted octanol–water partition coefficient (Wildman–Crippen LogP) is 1.96. The lowest BCUT2D eigenvalue weighted by Crippen LogP contribution is -1.55. The monoisotopic (exact) mass is 140 g/mol. The Labute approximate surface area is 58.5 Å². The summed E-state index contributed by atoms with van der Waals surface area (Å²) in [6.45, 7) is 0. The molecule has 0 atom stereocenters. The summed E-state index contributed by atoms with van der Waals surface area (Å²) in [6, 6.07) is 9.44. The van der Waals surface area contributed by atoms with E-state index in [4.69, 9.17) is 11.6 Å². The van der Waals surface area contributed by atoms with Crippen LogP contribution in [0.2, 0.25) is 5.02 Å². The molecule has 0 N–H and O–H groups in total. The van der Waals surface area contributed by atoms with E-state index in [1.807, 2.05) is 30.3 Å². The Morgan fingerprint density at radius 3 is 1.75 bits per heavy atom. The van der Waals surface area contributed by atoms with E-state index in [0.717, 1.165) is 5.02 Å². The molecule has 0 aliphatic heterocycles. The fourth-order valence-corrected chi connectivity index (χ4v) is 0.560. The molecule has 0 saturated heterocycles. The van der Waals surface area contributed by atoms with Crippen LogP contribution in [0.5, 0.6) is 0 Å². The van der Waals surface area contributed by atoms with Crippen LogP contribution in [0.1, 0.15) is 0 Å². The number of hydrogen-bond acceptors (Lipinski definition) is 0. The third kappa shape index (κ3) is 2.14. The average Bonchev–Trinajstić information content (AvgIpc) is 1.69. The van der Waals surface area contributed by atoms with Gasteiger partial charge in [0.15, 0.2) is 0 Å². The van der Waals surface area contributed by atoms with Crippen molar-refractivity contribution in [3.8, 4) is 0 Å². The molecule has 0 aliphatic carbocycles. The zero-order chi connectivity index (χ0) is 5.11. The van der Waals surface area contributed by atoms with Crippen LogP contribution in [-0.2, 0) is 0 Å². The van der Waals surface area contributed by atoms with E-state index in [1.54, 1.807) is 0 Å². The number of benzene rings is 1. The second kappa shape index (κ2) is 3.70. The van der Waals surface area contributed by atoms with Crippen molar-refractivity contribution >= 4 is 22.6 Å². The molecule has 0 aromatic heterocycles. The Bertz CT molecular complexity index is 138. The summed E-state index contributed by atoms with van der Waals surface area (Å²) in [5, 5.41) is 0.794. The second-order valence-electron chi connectivity index (χ2n) is 1.30. The molecule has 0 amide bonds. The zero-order valence-electron chi connectivity index (χ0n) is 4.26. The minimum absolute atomic E-state index is 0. The van der Waals surface area contributed by atoms with Crippen LogP contribution in [-0.4, -0.2) is 11.0 Å². The highest BCUT2D eigenvalue weighted by atomic mass is 35.5. The molecule has 1 aromatic carbocycles. The van der Waals surface area contributed by atoms with Crippen molar-refractivity contribution in [1.29, 1.82) is 0 Å². The maximum atomic E-state index is 5.54. The third-order valence-electron chi connectivity index (χ3n) is 0.733. The van der Waals surface area contributed by atoms with Gasteiger partial charge in [-0.3, -0.25) is 0 Å². The molecule has 0 spiro atoms. The van der Waals surface area contributed by atoms with Gasteiger partial charge in [-0.05, 0) is 12.1 Å². The van der Waals surface area contributed by atoms with Crippen molar-refractivity contribution in [2.75, 3.05) is 0 Å². The Kier molecular flexibility index (Phi) is 3.57. The van der Waals surface area contributed by atoms with E-state index in [9.17, 15) is 0 Å². The Morgan fingerprint density at radius 1 is 1.00 bits per heavy atom. The predicted molar refractivity (Wildman–Crippen MR) is 37.2 cm³/mol. The van der Waals surface area contributed by atoms with Gasteiger partial charge < -0.3 is 0 Å². The summed E-state index contributed by atoms with van der Waals surface area (Å²) < 4.78 is 0. The van der Waals surface area contributed by atoms with Gasteiger partial charge in [-0.2, -0.15) is 0 Å². The lowest BCUT2D eigenvalue weighted by molar-refractivity contribution is 1.71. The van der Waals surface area contributed by atoms with Crippen LogP contribution in [0.3, 0.4) is 0 Å². The summed E-state index contributed by atoms with van der Waals surface area (Å²) in [5.74, 6) is 0. The van der Waals surface area contributed by atoms with Crippen molar-refractivity contribution in [3.63, 3.8) is 0 Å². The number of hydrogen-bond donors (Lipinski definition) is 0. The molecule has 8 heavy (non-hydrogen) atoms. The molecule has 0 fully saturated rings. The average molecular weight is 141 g/mol. The van der Waals surface area contributed by atoms with Gasteiger partial charge in [-0.1, -0.05) is 29.8 Å². The van der Waals surface area contributed by atoms with E-state index in [2.05, 4.69) is 0 Å². The Morgan fingerprint density at radius 2 is 1.50 bits per heavy atom. The van der Waals surface area contributed by atoms with Crippen molar-refractivity contribution in [2.45, 2.75) is 0 Å². The standard InChI is InChI=1S/C6H5Cl.Si/c7-6-4-2-1-3-5-6;/h1-5H;. The van der Waals surface area contributed by atoms with E-state index in [-0.39, 0.29) is 11.0 Å². The van der Waals surface area contributed by atoms with Crippen molar-refractivity contribution in [2.24, 2.45) is 0 Å². The number of halogens is 1. The highest BCUT2D eigenvalue weighted by Crippen LogP contribution is 2.03. The van der Waals surface area contributed by atoms with Crippen LogP contribution in [0.25, 0.3) is 0 Å². The quantitative estimate of drug-likeness (QED) is 0.484. The zero-order valence-corrected chi connectivity index (χ0v) is 6.02. The largest absolute Gasteiger partial charge is 0.0843 e. The summed E-state index contributed by atoms with van der Waals surface area (Å²) in [6.07, 6.45) is 0. The molecular formula is C6H5ClSi. The topological polar surface area (TPSA) is 0 Å². The van der Waals surface area contributed by atoms with Gasteiger partial charge >= 0.3 is 0 Å². The van der Waals surface area contributed by atoms with Crippen molar-refractivity contribution in [1.82, 2.24) is 0 Å². The molecule has 0 heterocycles. The molecule has 0 bridgehead atoms. The first-order chi connectivity index (χ1) is 3.39. The van der Waals surface area contributed by atoms with Crippen LogP contribution >= 0.6 is 11.6 Å². The van der Waals surface area contributed by atoms with Crippen molar-refractivity contribution < 1.29 is 0 Å². The summed E-state index contributed by atoms with van der Waals surface area (Å²) >= 11 is 5.54. The molecule has 0 unspecified atom stereocenters. The Hall–Kier alpha value is -0.273. The van der Waals surface area contributed by atoms with Gasteiger partial charge in [0.1, 0.15) is 0 Å².